The summed E-state index contributed by atoms with van der Waals surface area (Å²) < 4.78 is 5.21. The molecule has 3 N–H and O–H groups in total. The first-order valence-corrected chi connectivity index (χ1v) is 6.61. The maximum absolute atomic E-state index is 11.9. The lowest BCUT2D eigenvalue weighted by atomic mass is 9.75. The number of hydrogen-bond acceptors (Lipinski definition) is 4. The number of benzene rings is 1. The summed E-state index contributed by atoms with van der Waals surface area (Å²) in [6, 6.07) is 12.6. The van der Waals surface area contributed by atoms with Crippen molar-refractivity contribution in [3.63, 3.8) is 0 Å². The van der Waals surface area contributed by atoms with Crippen LogP contribution in [0.4, 0.5) is 0 Å². The first kappa shape index (κ1) is 15.0. The van der Waals surface area contributed by atoms with Gasteiger partial charge in [0.1, 0.15) is 5.41 Å². The topological polar surface area (TPSA) is 85.4 Å². The third-order valence-electron chi connectivity index (χ3n) is 3.62. The largest absolute Gasteiger partial charge is 0.481 e. The summed E-state index contributed by atoms with van der Waals surface area (Å²) in [5.41, 5.74) is 6.03. The molecule has 1 aromatic carbocycles. The molecule has 1 unspecified atom stereocenters. The third kappa shape index (κ3) is 2.87. The van der Waals surface area contributed by atoms with Gasteiger partial charge >= 0.3 is 5.97 Å². The molecular weight excluding hydrogens is 268 g/mol. The summed E-state index contributed by atoms with van der Waals surface area (Å²) in [5, 5.41) is 9.76. The van der Waals surface area contributed by atoms with Crippen LogP contribution in [-0.2, 0) is 16.6 Å². The van der Waals surface area contributed by atoms with Gasteiger partial charge in [0.2, 0.25) is 5.88 Å². The highest BCUT2D eigenvalue weighted by atomic mass is 16.5. The van der Waals surface area contributed by atoms with Crippen molar-refractivity contribution in [2.75, 3.05) is 13.7 Å². The Morgan fingerprint density at radius 2 is 2.00 bits per heavy atom. The Morgan fingerprint density at radius 3 is 2.57 bits per heavy atom. The van der Waals surface area contributed by atoms with E-state index in [1.165, 1.54) is 7.11 Å². The van der Waals surface area contributed by atoms with Crippen LogP contribution < -0.4 is 10.5 Å². The van der Waals surface area contributed by atoms with Gasteiger partial charge < -0.3 is 15.6 Å². The van der Waals surface area contributed by atoms with Crippen LogP contribution in [0.3, 0.4) is 0 Å². The second kappa shape index (κ2) is 6.37. The first-order valence-electron chi connectivity index (χ1n) is 6.61. The predicted octanol–water partition coefficient (Wildman–Crippen LogP) is 1.61. The Bertz CT molecular complexity index is 616. The van der Waals surface area contributed by atoms with E-state index < -0.39 is 11.4 Å². The van der Waals surface area contributed by atoms with Gasteiger partial charge in [0.15, 0.2) is 0 Å². The number of carboxylic acids is 1. The van der Waals surface area contributed by atoms with E-state index in [1.54, 1.807) is 24.4 Å². The van der Waals surface area contributed by atoms with Crippen molar-refractivity contribution >= 4 is 5.97 Å². The molecule has 1 atom stereocenters. The van der Waals surface area contributed by atoms with Gasteiger partial charge in [-0.1, -0.05) is 36.4 Å². The summed E-state index contributed by atoms with van der Waals surface area (Å²) in [6.45, 7) is -0.00953. The fourth-order valence-electron chi connectivity index (χ4n) is 2.40. The van der Waals surface area contributed by atoms with Crippen LogP contribution in [0.5, 0.6) is 5.88 Å². The number of pyridine rings is 1. The summed E-state index contributed by atoms with van der Waals surface area (Å²) in [6.07, 6.45) is 1.83. The van der Waals surface area contributed by atoms with E-state index in [2.05, 4.69) is 4.98 Å². The Morgan fingerprint density at radius 1 is 1.29 bits per heavy atom. The molecule has 0 saturated heterocycles. The predicted molar refractivity (Wildman–Crippen MR) is 79.3 cm³/mol. The van der Waals surface area contributed by atoms with Gasteiger partial charge in [-0.3, -0.25) is 4.79 Å². The Balaban J connectivity index is 2.49. The molecule has 0 spiro atoms. The number of nitrogens with zero attached hydrogens (tertiary/aromatic N) is 1. The van der Waals surface area contributed by atoms with E-state index in [9.17, 15) is 9.90 Å². The van der Waals surface area contributed by atoms with E-state index in [1.807, 2.05) is 24.3 Å². The second-order valence-electron chi connectivity index (χ2n) is 4.81. The number of nitrogens with two attached hydrogens (primary N) is 1. The molecule has 0 aliphatic heterocycles. The lowest BCUT2D eigenvalue weighted by molar-refractivity contribution is -0.143. The van der Waals surface area contributed by atoms with Crippen LogP contribution in [0, 0.1) is 0 Å². The zero-order valence-electron chi connectivity index (χ0n) is 11.8. The van der Waals surface area contributed by atoms with Crippen molar-refractivity contribution in [1.82, 2.24) is 4.98 Å². The molecule has 0 radical (unpaired) electrons. The molecule has 0 fully saturated rings. The van der Waals surface area contributed by atoms with E-state index in [4.69, 9.17) is 10.5 Å². The third-order valence-corrected chi connectivity index (χ3v) is 3.62. The lowest BCUT2D eigenvalue weighted by Gasteiger charge is -2.29. The summed E-state index contributed by atoms with van der Waals surface area (Å²) in [7, 11) is 1.51. The molecule has 5 heteroatoms. The molecule has 0 saturated carbocycles. The molecule has 0 aliphatic carbocycles. The molecule has 2 rings (SSSR count). The van der Waals surface area contributed by atoms with E-state index in [0.29, 0.717) is 11.4 Å². The van der Waals surface area contributed by atoms with Gasteiger partial charge in [0.05, 0.1) is 7.11 Å². The minimum atomic E-state index is -1.20. The van der Waals surface area contributed by atoms with Crippen LogP contribution in [0.2, 0.25) is 0 Å². The first-order chi connectivity index (χ1) is 10.1. The van der Waals surface area contributed by atoms with Crippen molar-refractivity contribution in [2.45, 2.75) is 11.8 Å². The maximum Gasteiger partial charge on any atom is 0.315 e. The van der Waals surface area contributed by atoms with Crippen molar-refractivity contribution in [3.8, 4) is 5.88 Å². The molecule has 0 aliphatic rings. The zero-order valence-corrected chi connectivity index (χ0v) is 11.8. The summed E-state index contributed by atoms with van der Waals surface area (Å²) in [4.78, 5) is 16.0. The standard InChI is InChI=1S/C16H18N2O3/c1-21-14-12(6-5-9-18-14)10-16(11-17,15(19)20)13-7-3-2-4-8-13/h2-9H,10-11,17H2,1H3,(H,19,20). The summed E-state index contributed by atoms with van der Waals surface area (Å²) >= 11 is 0. The maximum atomic E-state index is 11.9. The molecule has 21 heavy (non-hydrogen) atoms. The quantitative estimate of drug-likeness (QED) is 0.842. The molecule has 110 valence electrons. The number of ether oxygens (including phenoxy) is 1. The fourth-order valence-corrected chi connectivity index (χ4v) is 2.40. The van der Waals surface area contributed by atoms with Crippen LogP contribution in [-0.4, -0.2) is 29.7 Å². The normalized spacial score (nSPS) is 13.4. The van der Waals surface area contributed by atoms with E-state index >= 15 is 0 Å². The number of carboxylic acid groups (broad SMARTS) is 1. The molecule has 5 nitrogen and oxygen atoms in total. The smallest absolute Gasteiger partial charge is 0.315 e. The molecule has 0 amide bonds. The number of rotatable bonds is 6. The Kier molecular flexibility index (Phi) is 4.55. The molecular formula is C16H18N2O3. The van der Waals surface area contributed by atoms with E-state index in [0.717, 1.165) is 5.56 Å². The summed E-state index contributed by atoms with van der Waals surface area (Å²) in [5.74, 6) is -0.533. The van der Waals surface area contributed by atoms with E-state index in [-0.39, 0.29) is 13.0 Å². The highest BCUT2D eigenvalue weighted by molar-refractivity contribution is 5.82. The highest BCUT2D eigenvalue weighted by Crippen LogP contribution is 2.30. The van der Waals surface area contributed by atoms with Gasteiger partial charge in [-0.2, -0.15) is 0 Å². The number of aromatic nitrogens is 1. The van der Waals surface area contributed by atoms with Gasteiger partial charge in [0, 0.05) is 18.3 Å². The molecule has 1 aromatic heterocycles. The van der Waals surface area contributed by atoms with Gasteiger partial charge in [-0.15, -0.1) is 0 Å². The SMILES string of the molecule is COc1ncccc1CC(CN)(C(=O)O)c1ccccc1. The van der Waals surface area contributed by atoms with Crippen molar-refractivity contribution in [2.24, 2.45) is 5.73 Å². The Labute approximate surface area is 123 Å². The lowest BCUT2D eigenvalue weighted by Crippen LogP contribution is -2.45. The average Bonchev–Trinajstić information content (AvgIpc) is 2.53. The average molecular weight is 286 g/mol. The van der Waals surface area contributed by atoms with Gasteiger partial charge in [-0.05, 0) is 18.1 Å². The zero-order chi connectivity index (χ0) is 15.3. The van der Waals surface area contributed by atoms with Gasteiger partial charge in [0.25, 0.3) is 0 Å². The van der Waals surface area contributed by atoms with Gasteiger partial charge in [-0.25, -0.2) is 4.98 Å². The number of hydrogen-bond donors (Lipinski definition) is 2. The highest BCUT2D eigenvalue weighted by Gasteiger charge is 2.40. The second-order valence-corrected chi connectivity index (χ2v) is 4.81. The van der Waals surface area contributed by atoms with Crippen molar-refractivity contribution in [3.05, 3.63) is 59.8 Å². The molecule has 0 bridgehead atoms. The minimum absolute atomic E-state index is 0.00953. The Hall–Kier alpha value is -2.40. The van der Waals surface area contributed by atoms with Crippen LogP contribution >= 0.6 is 0 Å². The number of carbonyl (C=O) groups is 1. The fraction of sp³-hybridized carbons (Fsp3) is 0.250. The van der Waals surface area contributed by atoms with Crippen LogP contribution in [0.1, 0.15) is 11.1 Å². The van der Waals surface area contributed by atoms with Crippen LogP contribution in [0.25, 0.3) is 0 Å². The molecule has 2 aromatic rings. The minimum Gasteiger partial charge on any atom is -0.481 e. The molecule has 1 heterocycles. The monoisotopic (exact) mass is 286 g/mol. The van der Waals surface area contributed by atoms with Crippen molar-refractivity contribution in [1.29, 1.82) is 0 Å². The van der Waals surface area contributed by atoms with Crippen molar-refractivity contribution < 1.29 is 14.6 Å². The van der Waals surface area contributed by atoms with Crippen LogP contribution in [0.15, 0.2) is 48.7 Å². The number of methoxy groups -OCH3 is 1. The number of aliphatic carboxylic acids is 1.